The van der Waals surface area contributed by atoms with Crippen LogP contribution >= 0.6 is 0 Å². The summed E-state index contributed by atoms with van der Waals surface area (Å²) in [6.07, 6.45) is 6.62. The number of hydrogen-bond acceptors (Lipinski definition) is 2. The maximum atomic E-state index is 4.53. The fourth-order valence-corrected chi connectivity index (χ4v) is 4.18. The Hall–Kier alpha value is -0.770. The lowest BCUT2D eigenvalue weighted by Crippen LogP contribution is -2.44. The van der Waals surface area contributed by atoms with Crippen LogP contribution in [0.1, 0.15) is 52.9 Å². The molecule has 0 aromatic carbocycles. The number of guanidine groups is 1. The summed E-state index contributed by atoms with van der Waals surface area (Å²) in [5, 5.41) is 3.66. The molecule has 0 aliphatic carbocycles. The minimum Gasteiger partial charge on any atom is -0.356 e. The van der Waals surface area contributed by atoms with Gasteiger partial charge in [0.05, 0.1) is 0 Å². The maximum absolute atomic E-state index is 4.53. The normalized spacial score (nSPS) is 24.7. The Labute approximate surface area is 143 Å². The van der Waals surface area contributed by atoms with E-state index < -0.39 is 0 Å². The first-order valence-electron chi connectivity index (χ1n) is 9.80. The van der Waals surface area contributed by atoms with Gasteiger partial charge in [0.1, 0.15) is 0 Å². The first kappa shape index (κ1) is 18.6. The highest BCUT2D eigenvalue weighted by Gasteiger charge is 2.26. The molecule has 2 saturated heterocycles. The minimum absolute atomic E-state index is 0.809. The van der Waals surface area contributed by atoms with Crippen molar-refractivity contribution in [3.05, 3.63) is 0 Å². The molecule has 0 aromatic rings. The molecule has 134 valence electrons. The molecule has 0 spiro atoms. The Bertz CT molecular complexity index is 358. The van der Waals surface area contributed by atoms with Crippen molar-refractivity contribution in [2.24, 2.45) is 22.7 Å². The topological polar surface area (TPSA) is 30.9 Å². The summed E-state index contributed by atoms with van der Waals surface area (Å²) in [6.45, 7) is 14.2. The number of nitrogens with zero attached hydrogens (tertiary/aromatic N) is 3. The molecule has 2 aliphatic heterocycles. The third kappa shape index (κ3) is 5.98. The number of hydrogen-bond donors (Lipinski definition) is 1. The van der Waals surface area contributed by atoms with Gasteiger partial charge in [0.25, 0.3) is 0 Å². The zero-order valence-corrected chi connectivity index (χ0v) is 15.9. The Morgan fingerprint density at radius 3 is 2.43 bits per heavy atom. The van der Waals surface area contributed by atoms with Crippen LogP contribution in [0.4, 0.5) is 0 Å². The number of likely N-dealkylation sites (tertiary alicyclic amines) is 2. The highest BCUT2D eigenvalue weighted by atomic mass is 15.3. The molecule has 0 radical (unpaired) electrons. The first-order valence-corrected chi connectivity index (χ1v) is 9.80. The van der Waals surface area contributed by atoms with Crippen molar-refractivity contribution in [1.82, 2.24) is 15.1 Å². The number of nitrogens with one attached hydrogen (secondary N) is 1. The molecule has 2 aliphatic rings. The van der Waals surface area contributed by atoms with Gasteiger partial charge in [-0.05, 0) is 69.5 Å². The van der Waals surface area contributed by atoms with Crippen LogP contribution in [0.25, 0.3) is 0 Å². The van der Waals surface area contributed by atoms with Crippen molar-refractivity contribution in [2.45, 2.75) is 52.9 Å². The molecule has 0 amide bonds. The molecular formula is C19H38N4. The molecular weight excluding hydrogens is 284 g/mol. The summed E-state index contributed by atoms with van der Waals surface area (Å²) in [5.74, 6) is 3.61. The average molecular weight is 323 g/mol. The molecule has 0 saturated carbocycles. The standard InChI is InChI=1S/C19H38N4/c1-5-9-22-10-6-17(7-11-22)14-21-19(20-4)23-12-8-18(15-23)13-16(2)3/h16-18H,5-15H2,1-4H3,(H,20,21). The van der Waals surface area contributed by atoms with Gasteiger partial charge in [0.15, 0.2) is 5.96 Å². The maximum Gasteiger partial charge on any atom is 0.193 e. The summed E-state index contributed by atoms with van der Waals surface area (Å²) in [4.78, 5) is 9.62. The molecule has 4 nitrogen and oxygen atoms in total. The van der Waals surface area contributed by atoms with E-state index in [1.54, 1.807) is 0 Å². The van der Waals surface area contributed by atoms with Crippen LogP contribution in [0.3, 0.4) is 0 Å². The third-order valence-electron chi connectivity index (χ3n) is 5.40. The van der Waals surface area contributed by atoms with Gasteiger partial charge in [-0.2, -0.15) is 0 Å². The molecule has 2 rings (SSSR count). The summed E-state index contributed by atoms with van der Waals surface area (Å²) < 4.78 is 0. The van der Waals surface area contributed by atoms with E-state index in [1.807, 2.05) is 7.05 Å². The predicted molar refractivity (Wildman–Crippen MR) is 100.0 cm³/mol. The number of piperidine rings is 1. The lowest BCUT2D eigenvalue weighted by atomic mass is 9.96. The van der Waals surface area contributed by atoms with E-state index in [4.69, 9.17) is 0 Å². The monoisotopic (exact) mass is 322 g/mol. The molecule has 4 heteroatoms. The lowest BCUT2D eigenvalue weighted by Gasteiger charge is -2.32. The molecule has 2 fully saturated rings. The van der Waals surface area contributed by atoms with Crippen molar-refractivity contribution >= 4 is 5.96 Å². The van der Waals surface area contributed by atoms with E-state index in [2.05, 4.69) is 40.9 Å². The lowest BCUT2D eigenvalue weighted by molar-refractivity contribution is 0.185. The fraction of sp³-hybridized carbons (Fsp3) is 0.947. The number of rotatable bonds is 6. The van der Waals surface area contributed by atoms with E-state index >= 15 is 0 Å². The van der Waals surface area contributed by atoms with Gasteiger partial charge in [-0.1, -0.05) is 20.8 Å². The van der Waals surface area contributed by atoms with E-state index in [9.17, 15) is 0 Å². The van der Waals surface area contributed by atoms with Crippen LogP contribution in [-0.4, -0.2) is 62.1 Å². The smallest absolute Gasteiger partial charge is 0.193 e. The Balaban J connectivity index is 1.70. The zero-order chi connectivity index (χ0) is 16.7. The SMILES string of the molecule is CCCN1CCC(CNC(=NC)N2CCC(CC(C)C)C2)CC1. The highest BCUT2D eigenvalue weighted by Crippen LogP contribution is 2.23. The van der Waals surface area contributed by atoms with Gasteiger partial charge in [0.2, 0.25) is 0 Å². The van der Waals surface area contributed by atoms with Crippen LogP contribution < -0.4 is 5.32 Å². The van der Waals surface area contributed by atoms with Gasteiger partial charge < -0.3 is 15.1 Å². The molecule has 0 aromatic heterocycles. The highest BCUT2D eigenvalue weighted by molar-refractivity contribution is 5.80. The third-order valence-corrected chi connectivity index (χ3v) is 5.40. The second-order valence-corrected chi connectivity index (χ2v) is 7.94. The molecule has 2 heterocycles. The molecule has 1 unspecified atom stereocenters. The molecule has 23 heavy (non-hydrogen) atoms. The summed E-state index contributed by atoms with van der Waals surface area (Å²) in [5.41, 5.74) is 0. The van der Waals surface area contributed by atoms with Gasteiger partial charge >= 0.3 is 0 Å². The van der Waals surface area contributed by atoms with E-state index in [-0.39, 0.29) is 0 Å². The Morgan fingerprint density at radius 1 is 1.13 bits per heavy atom. The van der Waals surface area contributed by atoms with Gasteiger partial charge in [-0.25, -0.2) is 0 Å². The summed E-state index contributed by atoms with van der Waals surface area (Å²) in [6, 6.07) is 0. The van der Waals surface area contributed by atoms with Crippen molar-refractivity contribution in [3.63, 3.8) is 0 Å². The van der Waals surface area contributed by atoms with Crippen LogP contribution in [0.2, 0.25) is 0 Å². The van der Waals surface area contributed by atoms with Crippen molar-refractivity contribution in [3.8, 4) is 0 Å². The fourth-order valence-electron chi connectivity index (χ4n) is 4.18. The van der Waals surface area contributed by atoms with Crippen molar-refractivity contribution < 1.29 is 0 Å². The van der Waals surface area contributed by atoms with Crippen molar-refractivity contribution in [2.75, 3.05) is 46.3 Å². The van der Waals surface area contributed by atoms with Crippen LogP contribution in [0.15, 0.2) is 4.99 Å². The average Bonchev–Trinajstić information content (AvgIpc) is 2.97. The van der Waals surface area contributed by atoms with Gasteiger partial charge in [-0.15, -0.1) is 0 Å². The van der Waals surface area contributed by atoms with Crippen molar-refractivity contribution in [1.29, 1.82) is 0 Å². The molecule has 1 atom stereocenters. The van der Waals surface area contributed by atoms with E-state index in [0.29, 0.717) is 0 Å². The largest absolute Gasteiger partial charge is 0.356 e. The van der Waals surface area contributed by atoms with Gasteiger partial charge in [0, 0.05) is 26.7 Å². The Morgan fingerprint density at radius 2 is 1.83 bits per heavy atom. The number of aliphatic imine (C=N–C) groups is 1. The molecule has 0 bridgehead atoms. The zero-order valence-electron chi connectivity index (χ0n) is 15.9. The molecule has 1 N–H and O–H groups in total. The van der Waals surface area contributed by atoms with E-state index in [0.717, 1.165) is 30.3 Å². The van der Waals surface area contributed by atoms with Crippen LogP contribution in [0.5, 0.6) is 0 Å². The van der Waals surface area contributed by atoms with Crippen LogP contribution in [0, 0.1) is 17.8 Å². The summed E-state index contributed by atoms with van der Waals surface area (Å²) >= 11 is 0. The van der Waals surface area contributed by atoms with Crippen LogP contribution in [-0.2, 0) is 0 Å². The quantitative estimate of drug-likeness (QED) is 0.602. The minimum atomic E-state index is 0.809. The second kappa shape index (κ2) is 9.51. The summed E-state index contributed by atoms with van der Waals surface area (Å²) in [7, 11) is 1.93. The van der Waals surface area contributed by atoms with E-state index in [1.165, 1.54) is 64.8 Å². The Kier molecular flexibility index (Phi) is 7.68. The van der Waals surface area contributed by atoms with Gasteiger partial charge in [-0.3, -0.25) is 4.99 Å². The first-order chi connectivity index (χ1) is 11.1. The predicted octanol–water partition coefficient (Wildman–Crippen LogP) is 3.05. The second-order valence-electron chi connectivity index (χ2n) is 7.94.